The molecule has 0 aliphatic heterocycles. The molecule has 2 aromatic rings. The van der Waals surface area contributed by atoms with Crippen LogP contribution in [0.15, 0.2) is 30.5 Å². The Morgan fingerprint density at radius 1 is 1.32 bits per heavy atom. The topological polar surface area (TPSA) is 85.6 Å². The van der Waals surface area contributed by atoms with Gasteiger partial charge in [-0.1, -0.05) is 36.2 Å². The van der Waals surface area contributed by atoms with Gasteiger partial charge in [0.05, 0.1) is 15.5 Å². The Kier molecular flexibility index (Phi) is 6.68. The van der Waals surface area contributed by atoms with Crippen molar-refractivity contribution < 1.29 is 27.6 Å². The van der Waals surface area contributed by atoms with Crippen molar-refractivity contribution in [2.24, 2.45) is 0 Å². The van der Waals surface area contributed by atoms with Crippen molar-refractivity contribution in [3.63, 3.8) is 0 Å². The highest BCUT2D eigenvalue weighted by molar-refractivity contribution is 6.40. The Balaban J connectivity index is 2.64. The first-order chi connectivity index (χ1) is 13.1. The highest BCUT2D eigenvalue weighted by Crippen LogP contribution is 2.44. The van der Waals surface area contributed by atoms with Gasteiger partial charge in [-0.25, -0.2) is 9.88 Å². The predicted molar refractivity (Wildman–Crippen MR) is 94.8 cm³/mol. The third kappa shape index (κ3) is 4.63. The van der Waals surface area contributed by atoms with Gasteiger partial charge in [-0.2, -0.15) is 0 Å². The van der Waals surface area contributed by atoms with Crippen LogP contribution in [0.1, 0.15) is 23.7 Å². The van der Waals surface area contributed by atoms with E-state index < -0.39 is 55.6 Å². The van der Waals surface area contributed by atoms with Gasteiger partial charge in [0.1, 0.15) is 0 Å². The number of nitro benzene ring substituents is 1. The average Bonchev–Trinajstić information content (AvgIpc) is 2.62. The van der Waals surface area contributed by atoms with Crippen LogP contribution in [0.25, 0.3) is 0 Å². The Morgan fingerprint density at radius 3 is 2.50 bits per heavy atom. The number of nitro groups is 1. The van der Waals surface area contributed by atoms with E-state index in [-0.39, 0.29) is 12.3 Å². The zero-order valence-corrected chi connectivity index (χ0v) is 15.7. The highest BCUT2D eigenvalue weighted by Gasteiger charge is 2.42. The summed E-state index contributed by atoms with van der Waals surface area (Å²) >= 11 is 12.0. The summed E-state index contributed by atoms with van der Waals surface area (Å²) in [5.74, 6) is -2.19. The molecule has 0 saturated heterocycles. The van der Waals surface area contributed by atoms with Crippen LogP contribution in [0.4, 0.5) is 18.9 Å². The monoisotopic (exact) mass is 437 g/mol. The molecule has 12 heteroatoms. The number of alkyl halides is 3. The summed E-state index contributed by atoms with van der Waals surface area (Å²) in [5, 5.41) is 10.1. The molecule has 0 fully saturated rings. The second-order valence-corrected chi connectivity index (χ2v) is 6.11. The zero-order chi connectivity index (χ0) is 21.1. The lowest BCUT2D eigenvalue weighted by Crippen LogP contribution is -2.43. The van der Waals surface area contributed by atoms with Crippen LogP contribution < -0.4 is 4.74 Å². The van der Waals surface area contributed by atoms with Crippen LogP contribution in [0.5, 0.6) is 11.6 Å². The van der Waals surface area contributed by atoms with E-state index >= 15 is 0 Å². The SMILES string of the molecule is CCCN(C(=O)c1cc([N+](=O)[O-])c(Cl)c(Oc2ccccn2)c1Cl)C(F)(F)F. The lowest BCUT2D eigenvalue weighted by atomic mass is 10.1. The summed E-state index contributed by atoms with van der Waals surface area (Å²) in [5.41, 5.74) is -1.60. The smallest absolute Gasteiger partial charge is 0.436 e. The van der Waals surface area contributed by atoms with Crippen molar-refractivity contribution in [1.29, 1.82) is 0 Å². The number of benzene rings is 1. The Morgan fingerprint density at radius 2 is 2.00 bits per heavy atom. The number of nitrogens with zero attached hydrogens (tertiary/aromatic N) is 3. The molecule has 7 nitrogen and oxygen atoms in total. The van der Waals surface area contributed by atoms with Crippen LogP contribution in [0, 0.1) is 10.1 Å². The molecule has 0 radical (unpaired) electrons. The normalized spacial score (nSPS) is 11.2. The molecular weight excluding hydrogens is 426 g/mol. The van der Waals surface area contributed by atoms with E-state index in [2.05, 4.69) is 4.98 Å². The fourth-order valence-corrected chi connectivity index (χ4v) is 2.77. The molecule has 0 saturated carbocycles. The molecule has 1 amide bonds. The number of hydrogen-bond acceptors (Lipinski definition) is 5. The minimum absolute atomic E-state index is 0.00412. The largest absolute Gasteiger partial charge is 0.487 e. The summed E-state index contributed by atoms with van der Waals surface area (Å²) < 4.78 is 45.0. The van der Waals surface area contributed by atoms with Crippen molar-refractivity contribution >= 4 is 34.8 Å². The second-order valence-electron chi connectivity index (χ2n) is 5.35. The Hall–Kier alpha value is -2.59. The zero-order valence-electron chi connectivity index (χ0n) is 14.2. The molecule has 0 spiro atoms. The quantitative estimate of drug-likeness (QED) is 0.340. The van der Waals surface area contributed by atoms with Gasteiger partial charge in [-0.05, 0) is 12.5 Å². The summed E-state index contributed by atoms with van der Waals surface area (Å²) in [6.45, 7) is 0.777. The van der Waals surface area contributed by atoms with Gasteiger partial charge >= 0.3 is 6.30 Å². The van der Waals surface area contributed by atoms with Gasteiger partial charge in [-0.15, -0.1) is 13.2 Å². The van der Waals surface area contributed by atoms with Crippen molar-refractivity contribution in [3.05, 3.63) is 56.2 Å². The molecule has 1 aromatic carbocycles. The standard InChI is InChI=1S/C16H12Cl2F3N3O4/c1-2-7-23(16(19,20)21)15(25)9-8-10(24(26)27)13(18)14(12(9)17)28-11-5-3-4-6-22-11/h3-6,8H,2,7H2,1H3. The molecule has 0 atom stereocenters. The van der Waals surface area contributed by atoms with Gasteiger partial charge in [0.25, 0.3) is 11.6 Å². The van der Waals surface area contributed by atoms with Crippen molar-refractivity contribution in [1.82, 2.24) is 9.88 Å². The van der Waals surface area contributed by atoms with Crippen LogP contribution >= 0.6 is 23.2 Å². The maximum atomic E-state index is 13.2. The van der Waals surface area contributed by atoms with E-state index in [0.29, 0.717) is 6.07 Å². The van der Waals surface area contributed by atoms with E-state index in [9.17, 15) is 28.1 Å². The number of pyridine rings is 1. The van der Waals surface area contributed by atoms with Gasteiger partial charge in [0, 0.05) is 24.9 Å². The van der Waals surface area contributed by atoms with E-state index in [1.165, 1.54) is 25.3 Å². The van der Waals surface area contributed by atoms with E-state index in [4.69, 9.17) is 27.9 Å². The number of aromatic nitrogens is 1. The molecule has 0 bridgehead atoms. The first kappa shape index (κ1) is 21.7. The number of rotatable bonds is 6. The average molecular weight is 438 g/mol. The summed E-state index contributed by atoms with van der Waals surface area (Å²) in [6.07, 6.45) is -3.67. The number of halogens is 5. The molecule has 28 heavy (non-hydrogen) atoms. The minimum Gasteiger partial charge on any atom is -0.436 e. The Bertz CT molecular complexity index is 895. The van der Waals surface area contributed by atoms with Crippen LogP contribution in [-0.2, 0) is 0 Å². The van der Waals surface area contributed by atoms with Crippen molar-refractivity contribution in [2.45, 2.75) is 19.6 Å². The maximum Gasteiger partial charge on any atom is 0.487 e. The number of ether oxygens (including phenoxy) is 1. The summed E-state index contributed by atoms with van der Waals surface area (Å²) in [6, 6.07) is 5.05. The third-order valence-electron chi connectivity index (χ3n) is 3.41. The van der Waals surface area contributed by atoms with Gasteiger partial charge in [0.2, 0.25) is 5.88 Å². The lowest BCUT2D eigenvalue weighted by Gasteiger charge is -2.25. The van der Waals surface area contributed by atoms with Crippen LogP contribution in [0.3, 0.4) is 0 Å². The van der Waals surface area contributed by atoms with E-state index in [1.54, 1.807) is 6.07 Å². The van der Waals surface area contributed by atoms with Crippen molar-refractivity contribution in [2.75, 3.05) is 6.54 Å². The minimum atomic E-state index is -5.01. The molecule has 0 N–H and O–H groups in total. The summed E-state index contributed by atoms with van der Waals surface area (Å²) in [7, 11) is 0. The van der Waals surface area contributed by atoms with Crippen LogP contribution in [-0.4, -0.2) is 33.6 Å². The molecule has 0 aliphatic carbocycles. The van der Waals surface area contributed by atoms with Gasteiger partial charge in [0.15, 0.2) is 10.8 Å². The second kappa shape index (κ2) is 8.61. The maximum absolute atomic E-state index is 13.2. The third-order valence-corrected chi connectivity index (χ3v) is 4.15. The Labute approximate surface area is 166 Å². The molecule has 2 rings (SSSR count). The first-order valence-corrected chi connectivity index (χ1v) is 8.47. The fraction of sp³-hybridized carbons (Fsp3) is 0.250. The molecule has 1 heterocycles. The molecular formula is C16H12Cl2F3N3O4. The van der Waals surface area contributed by atoms with E-state index in [0.717, 1.165) is 0 Å². The molecule has 0 aliphatic rings. The van der Waals surface area contributed by atoms with E-state index in [1.807, 2.05) is 0 Å². The van der Waals surface area contributed by atoms with Gasteiger partial charge < -0.3 is 4.74 Å². The highest BCUT2D eigenvalue weighted by atomic mass is 35.5. The van der Waals surface area contributed by atoms with Crippen LogP contribution in [0.2, 0.25) is 10.0 Å². The lowest BCUT2D eigenvalue weighted by molar-refractivity contribution is -0.384. The number of hydrogen-bond donors (Lipinski definition) is 0. The molecule has 1 aromatic heterocycles. The summed E-state index contributed by atoms with van der Waals surface area (Å²) in [4.78, 5) is 26.2. The molecule has 150 valence electrons. The predicted octanol–water partition coefficient (Wildman–Crippen LogP) is 5.46. The fourth-order valence-electron chi connectivity index (χ4n) is 2.20. The number of amides is 1. The number of carbonyl (C=O) groups is 1. The van der Waals surface area contributed by atoms with Crippen molar-refractivity contribution in [3.8, 4) is 11.6 Å². The van der Waals surface area contributed by atoms with Gasteiger partial charge in [-0.3, -0.25) is 14.9 Å². The number of carbonyl (C=O) groups excluding carboxylic acids is 1. The first-order valence-electron chi connectivity index (χ1n) is 7.71. The molecule has 0 unspecified atom stereocenters.